The molecule has 1 unspecified atom stereocenters. The second-order valence-electron chi connectivity index (χ2n) is 15.7. The van der Waals surface area contributed by atoms with Crippen molar-refractivity contribution in [3.05, 3.63) is 136 Å². The summed E-state index contributed by atoms with van der Waals surface area (Å²) in [6.45, 7) is 4.30. The van der Waals surface area contributed by atoms with Gasteiger partial charge in [-0.15, -0.1) is 11.3 Å². The number of aromatic carboxylic acids is 1. The summed E-state index contributed by atoms with van der Waals surface area (Å²) in [5.74, 6) is 1.50. The van der Waals surface area contributed by atoms with E-state index in [1.54, 1.807) is 17.4 Å². The zero-order chi connectivity index (χ0) is 41.9. The summed E-state index contributed by atoms with van der Waals surface area (Å²) in [5.41, 5.74) is 3.97. The van der Waals surface area contributed by atoms with E-state index in [0.717, 1.165) is 98.3 Å². The second kappa shape index (κ2) is 18.1. The van der Waals surface area contributed by atoms with Gasteiger partial charge in [0.2, 0.25) is 11.8 Å². The molecular formula is C48H45BrN4O7S. The molecule has 4 heterocycles. The van der Waals surface area contributed by atoms with Gasteiger partial charge in [0.25, 0.3) is 0 Å². The number of carboxylic acids is 1. The van der Waals surface area contributed by atoms with E-state index in [4.69, 9.17) is 14.2 Å². The number of anilines is 1. The van der Waals surface area contributed by atoms with Crippen LogP contribution in [-0.4, -0.2) is 72.2 Å². The van der Waals surface area contributed by atoms with Gasteiger partial charge in [-0.3, -0.25) is 19.8 Å². The highest BCUT2D eigenvalue weighted by Crippen LogP contribution is 2.47. The van der Waals surface area contributed by atoms with Crippen molar-refractivity contribution in [2.24, 2.45) is 0 Å². The maximum Gasteiger partial charge on any atom is 0.336 e. The predicted molar refractivity (Wildman–Crippen MR) is 240 cm³/mol. The molecule has 9 rings (SSSR count). The van der Waals surface area contributed by atoms with Crippen LogP contribution in [0.3, 0.4) is 0 Å². The SMILES string of the molecule is O=C1CCC(NCc2cc(N3CC(N4CCC(Oc5ccc(Oc6c(-c7ccc(Br)cc7)sc7cc(OCc8ccccc8)ccc67)cc5)CC4)C3)ccc2C(=O)O)C(=O)N1. The van der Waals surface area contributed by atoms with Gasteiger partial charge in [-0.2, -0.15) is 0 Å². The molecule has 5 aromatic carbocycles. The van der Waals surface area contributed by atoms with Gasteiger partial charge in [-0.05, 0) is 109 Å². The normalized spacial score (nSPS) is 17.5. The zero-order valence-electron chi connectivity index (χ0n) is 33.4. The Balaban J connectivity index is 0.789. The van der Waals surface area contributed by atoms with E-state index in [0.29, 0.717) is 24.6 Å². The van der Waals surface area contributed by atoms with E-state index < -0.39 is 12.0 Å². The molecule has 2 amide bonds. The van der Waals surface area contributed by atoms with Gasteiger partial charge in [0.15, 0.2) is 5.75 Å². The van der Waals surface area contributed by atoms with Gasteiger partial charge in [0.1, 0.15) is 30.0 Å². The Morgan fingerprint density at radius 1 is 0.852 bits per heavy atom. The highest BCUT2D eigenvalue weighted by atomic mass is 79.9. The van der Waals surface area contributed by atoms with Gasteiger partial charge < -0.3 is 29.5 Å². The number of benzene rings is 5. The summed E-state index contributed by atoms with van der Waals surface area (Å²) in [4.78, 5) is 41.6. The van der Waals surface area contributed by atoms with Crippen LogP contribution < -0.4 is 29.7 Å². The van der Waals surface area contributed by atoms with Crippen molar-refractivity contribution in [1.82, 2.24) is 15.5 Å². The van der Waals surface area contributed by atoms with Gasteiger partial charge in [0, 0.05) is 65.4 Å². The number of fused-ring (bicyclic) bond motifs is 1. The Labute approximate surface area is 366 Å². The van der Waals surface area contributed by atoms with Crippen LogP contribution in [-0.2, 0) is 22.7 Å². The number of amides is 2. The van der Waals surface area contributed by atoms with Gasteiger partial charge in [0.05, 0.1) is 16.5 Å². The molecule has 13 heteroatoms. The fourth-order valence-corrected chi connectivity index (χ4v) is 9.61. The number of hydrogen-bond acceptors (Lipinski definition) is 10. The van der Waals surface area contributed by atoms with Gasteiger partial charge in [-0.25, -0.2) is 4.79 Å². The van der Waals surface area contributed by atoms with Gasteiger partial charge >= 0.3 is 5.97 Å². The van der Waals surface area contributed by atoms with Crippen molar-refractivity contribution < 1.29 is 33.7 Å². The molecule has 3 saturated heterocycles. The third-order valence-electron chi connectivity index (χ3n) is 11.6. The highest BCUT2D eigenvalue weighted by Gasteiger charge is 2.35. The molecular weight excluding hydrogens is 857 g/mol. The van der Waals surface area contributed by atoms with Gasteiger partial charge in [-0.1, -0.05) is 58.4 Å². The third-order valence-corrected chi connectivity index (χ3v) is 13.3. The molecule has 0 bridgehead atoms. The smallest absolute Gasteiger partial charge is 0.336 e. The minimum absolute atomic E-state index is 0.116. The number of imide groups is 1. The maximum atomic E-state index is 12.2. The summed E-state index contributed by atoms with van der Waals surface area (Å²) in [6, 6.07) is 37.8. The van der Waals surface area contributed by atoms with Crippen molar-refractivity contribution in [1.29, 1.82) is 0 Å². The standard InChI is InChI=1S/C48H45BrN4O7S/c49-33-8-6-31(7-9-33)46-45(41-17-15-39(25-43(41)61-46)58-29-30-4-2-1-3-5-30)60-37-13-11-36(12-14-37)59-38-20-22-52(23-21-38)35-27-53(28-35)34-10-16-40(48(56)57)32(24-34)26-50-42-18-19-44(54)51-47(42)55/h1-17,24-25,35,38,42,50H,18-23,26-29H2,(H,56,57)(H,51,54,55). The summed E-state index contributed by atoms with van der Waals surface area (Å²) in [5, 5.41) is 16.3. The molecule has 0 aliphatic carbocycles. The van der Waals surface area contributed by atoms with Crippen molar-refractivity contribution in [2.75, 3.05) is 31.1 Å². The molecule has 61 heavy (non-hydrogen) atoms. The monoisotopic (exact) mass is 900 g/mol. The first-order valence-corrected chi connectivity index (χ1v) is 22.2. The highest BCUT2D eigenvalue weighted by molar-refractivity contribution is 9.10. The van der Waals surface area contributed by atoms with Crippen LogP contribution in [0.25, 0.3) is 20.5 Å². The molecule has 0 radical (unpaired) electrons. The fraction of sp³-hybridized carbons (Fsp3) is 0.271. The minimum atomic E-state index is -1.01. The van der Waals surface area contributed by atoms with Crippen LogP contribution in [0.1, 0.15) is 47.2 Å². The number of carbonyl (C=O) groups is 3. The number of nitrogens with zero attached hydrogens (tertiary/aromatic N) is 2. The first kappa shape index (κ1) is 40.7. The second-order valence-corrected chi connectivity index (χ2v) is 17.7. The summed E-state index contributed by atoms with van der Waals surface area (Å²) in [6.07, 6.45) is 2.61. The molecule has 1 aromatic heterocycles. The number of hydrogen-bond donors (Lipinski definition) is 3. The number of carboxylic acid groups (broad SMARTS) is 1. The zero-order valence-corrected chi connectivity index (χ0v) is 35.8. The first-order chi connectivity index (χ1) is 29.7. The summed E-state index contributed by atoms with van der Waals surface area (Å²) in [7, 11) is 0. The summed E-state index contributed by atoms with van der Waals surface area (Å²) < 4.78 is 21.4. The van der Waals surface area contributed by atoms with Crippen molar-refractivity contribution >= 4 is 60.8 Å². The third kappa shape index (κ3) is 9.45. The Bertz CT molecular complexity index is 2540. The minimum Gasteiger partial charge on any atom is -0.490 e. The van der Waals surface area contributed by atoms with E-state index in [2.05, 4.69) is 72.8 Å². The first-order valence-electron chi connectivity index (χ1n) is 20.6. The summed E-state index contributed by atoms with van der Waals surface area (Å²) >= 11 is 5.26. The number of thiophene rings is 1. The average molecular weight is 902 g/mol. The molecule has 0 saturated carbocycles. The molecule has 3 N–H and O–H groups in total. The number of rotatable bonds is 14. The molecule has 11 nitrogen and oxygen atoms in total. The van der Waals surface area contributed by atoms with Crippen LogP contribution >= 0.6 is 27.3 Å². The van der Waals surface area contributed by atoms with Crippen LogP contribution in [0, 0.1) is 0 Å². The topological polar surface area (TPSA) is 130 Å². The Morgan fingerprint density at radius 3 is 2.33 bits per heavy atom. The number of ether oxygens (including phenoxy) is 3. The molecule has 6 aromatic rings. The quantitative estimate of drug-likeness (QED) is 0.0912. The number of nitrogens with one attached hydrogen (secondary N) is 2. The van der Waals surface area contributed by atoms with Crippen LogP contribution in [0.4, 0.5) is 5.69 Å². The fourth-order valence-electron chi connectivity index (χ4n) is 8.18. The maximum absolute atomic E-state index is 12.2. The lowest BCUT2D eigenvalue weighted by molar-refractivity contribution is -0.134. The Morgan fingerprint density at radius 2 is 1.59 bits per heavy atom. The average Bonchev–Trinajstić information content (AvgIpc) is 3.61. The lowest BCUT2D eigenvalue weighted by Crippen LogP contribution is -2.61. The van der Waals surface area contributed by atoms with Crippen LogP contribution in [0.15, 0.2) is 120 Å². The Hall–Kier alpha value is -5.73. The number of halogens is 1. The molecule has 3 aliphatic heterocycles. The number of carbonyl (C=O) groups excluding carboxylic acids is 2. The van der Waals surface area contributed by atoms with E-state index in [1.165, 1.54) is 0 Å². The largest absolute Gasteiger partial charge is 0.490 e. The number of likely N-dealkylation sites (tertiary alicyclic amines) is 1. The molecule has 3 aliphatic rings. The lowest BCUT2D eigenvalue weighted by atomic mass is 9.98. The van der Waals surface area contributed by atoms with E-state index in [1.807, 2.05) is 72.8 Å². The molecule has 1 atom stereocenters. The molecule has 312 valence electrons. The van der Waals surface area contributed by atoms with Crippen molar-refractivity contribution in [2.45, 2.75) is 57.0 Å². The predicted octanol–water partition coefficient (Wildman–Crippen LogP) is 9.03. The Kier molecular flexibility index (Phi) is 12.1. The van der Waals surface area contributed by atoms with Crippen molar-refractivity contribution in [3.63, 3.8) is 0 Å². The van der Waals surface area contributed by atoms with E-state index in [-0.39, 0.29) is 36.4 Å². The van der Waals surface area contributed by atoms with Crippen LogP contribution in [0.5, 0.6) is 23.0 Å². The molecule has 3 fully saturated rings. The van der Waals surface area contributed by atoms with Crippen molar-refractivity contribution in [3.8, 4) is 33.4 Å². The van der Waals surface area contributed by atoms with E-state index in [9.17, 15) is 19.5 Å². The lowest BCUT2D eigenvalue weighted by Gasteiger charge is -2.48. The van der Waals surface area contributed by atoms with E-state index >= 15 is 0 Å². The van der Waals surface area contributed by atoms with Crippen LogP contribution in [0.2, 0.25) is 0 Å². The number of piperidine rings is 2. The molecule has 0 spiro atoms.